The monoisotopic (exact) mass is 254 g/mol. The lowest BCUT2D eigenvalue weighted by Gasteiger charge is -2.32. The van der Waals surface area contributed by atoms with E-state index >= 15 is 0 Å². The summed E-state index contributed by atoms with van der Waals surface area (Å²) in [5.74, 6) is 0. The van der Waals surface area contributed by atoms with Crippen LogP contribution in [0.5, 0.6) is 0 Å². The van der Waals surface area contributed by atoms with Crippen molar-refractivity contribution < 1.29 is 4.74 Å². The number of hydrogen-bond donors (Lipinski definition) is 0. The lowest BCUT2D eigenvalue weighted by molar-refractivity contribution is 0.0800. The van der Waals surface area contributed by atoms with E-state index in [2.05, 4.69) is 23.4 Å². The van der Waals surface area contributed by atoms with E-state index in [-0.39, 0.29) is 0 Å². The number of likely N-dealkylation sites (N-methyl/N-ethyl adjacent to an activating group) is 1. The zero-order chi connectivity index (χ0) is 13.1. The van der Waals surface area contributed by atoms with Gasteiger partial charge in [-0.1, -0.05) is 18.9 Å². The Balaban J connectivity index is 1.79. The predicted octanol–water partition coefficient (Wildman–Crippen LogP) is 2.39. The van der Waals surface area contributed by atoms with Gasteiger partial charge in [-0.2, -0.15) is 0 Å². The van der Waals surface area contributed by atoms with Gasteiger partial charge >= 0.3 is 0 Å². The highest BCUT2D eigenvalue weighted by Crippen LogP contribution is 2.03. The Morgan fingerprint density at radius 1 is 1.00 bits per heavy atom. The molecule has 1 fully saturated rings. The minimum Gasteiger partial charge on any atom is -0.380 e. The largest absolute Gasteiger partial charge is 0.380 e. The van der Waals surface area contributed by atoms with Crippen LogP contribution in [-0.2, 0) is 4.74 Å². The molecule has 0 N–H and O–H groups in total. The van der Waals surface area contributed by atoms with E-state index in [1.165, 1.54) is 51.9 Å². The number of nitrogens with zero attached hydrogens (tertiary/aromatic N) is 2. The van der Waals surface area contributed by atoms with E-state index < -0.39 is 0 Å². The molecule has 1 heterocycles. The van der Waals surface area contributed by atoms with Crippen LogP contribution in [0.25, 0.3) is 0 Å². The molecular weight excluding hydrogens is 224 g/mol. The fourth-order valence-corrected chi connectivity index (χ4v) is 2.21. The second-order valence-corrected chi connectivity index (χ2v) is 5.25. The number of unbranched alkanes of at least 4 members (excludes halogenated alkanes) is 4. The van der Waals surface area contributed by atoms with Gasteiger partial charge in [-0.3, -0.25) is 4.90 Å². The fraction of sp³-hybridized carbons (Fsp3) is 0.867. The summed E-state index contributed by atoms with van der Waals surface area (Å²) in [6.07, 6.45) is 8.26. The summed E-state index contributed by atoms with van der Waals surface area (Å²) in [6, 6.07) is 0. The Bertz CT molecular complexity index is 201. The zero-order valence-corrected chi connectivity index (χ0v) is 12.1. The van der Waals surface area contributed by atoms with Crippen LogP contribution in [0.4, 0.5) is 0 Å². The molecule has 1 aliphatic rings. The number of piperazine rings is 1. The SMILES string of the molecule is C=CCCCCCCOCCN1CCN(C)CC1. The molecule has 3 heteroatoms. The molecule has 0 spiro atoms. The van der Waals surface area contributed by atoms with Gasteiger partial charge < -0.3 is 9.64 Å². The van der Waals surface area contributed by atoms with Crippen LogP contribution in [0.15, 0.2) is 12.7 Å². The first-order chi connectivity index (χ1) is 8.83. The average Bonchev–Trinajstić information content (AvgIpc) is 2.39. The Morgan fingerprint density at radius 2 is 1.72 bits per heavy atom. The number of rotatable bonds is 10. The van der Waals surface area contributed by atoms with Crippen molar-refractivity contribution in [3.8, 4) is 0 Å². The second kappa shape index (κ2) is 10.5. The van der Waals surface area contributed by atoms with Gasteiger partial charge in [-0.05, 0) is 26.3 Å². The molecule has 1 rings (SSSR count). The highest BCUT2D eigenvalue weighted by atomic mass is 16.5. The van der Waals surface area contributed by atoms with E-state index in [0.29, 0.717) is 0 Å². The van der Waals surface area contributed by atoms with Gasteiger partial charge in [-0.25, -0.2) is 0 Å². The first kappa shape index (κ1) is 15.7. The fourth-order valence-electron chi connectivity index (χ4n) is 2.21. The van der Waals surface area contributed by atoms with Crippen LogP contribution in [0.2, 0.25) is 0 Å². The van der Waals surface area contributed by atoms with Crippen molar-refractivity contribution in [2.45, 2.75) is 32.1 Å². The predicted molar refractivity (Wildman–Crippen MR) is 78.0 cm³/mol. The molecule has 0 unspecified atom stereocenters. The minimum absolute atomic E-state index is 0.899. The van der Waals surface area contributed by atoms with Gasteiger partial charge in [0, 0.05) is 39.3 Å². The Hall–Kier alpha value is -0.380. The van der Waals surface area contributed by atoms with Crippen LogP contribution >= 0.6 is 0 Å². The van der Waals surface area contributed by atoms with Crippen LogP contribution in [0.1, 0.15) is 32.1 Å². The number of hydrogen-bond acceptors (Lipinski definition) is 3. The van der Waals surface area contributed by atoms with Gasteiger partial charge in [0.1, 0.15) is 0 Å². The first-order valence-corrected chi connectivity index (χ1v) is 7.42. The summed E-state index contributed by atoms with van der Waals surface area (Å²) in [4.78, 5) is 4.89. The van der Waals surface area contributed by atoms with E-state index in [1.807, 2.05) is 6.08 Å². The molecule has 0 aromatic heterocycles. The van der Waals surface area contributed by atoms with Crippen LogP contribution in [-0.4, -0.2) is 62.8 Å². The van der Waals surface area contributed by atoms with Gasteiger partial charge in [-0.15, -0.1) is 6.58 Å². The molecule has 0 atom stereocenters. The molecule has 0 radical (unpaired) electrons. The molecule has 106 valence electrons. The molecule has 0 bridgehead atoms. The minimum atomic E-state index is 0.899. The molecule has 0 saturated carbocycles. The maximum absolute atomic E-state index is 5.69. The van der Waals surface area contributed by atoms with Crippen molar-refractivity contribution in [3.63, 3.8) is 0 Å². The van der Waals surface area contributed by atoms with Crippen molar-refractivity contribution in [1.82, 2.24) is 9.80 Å². The van der Waals surface area contributed by atoms with Gasteiger partial charge in [0.15, 0.2) is 0 Å². The Morgan fingerprint density at radius 3 is 2.44 bits per heavy atom. The topological polar surface area (TPSA) is 15.7 Å². The standard InChI is InChI=1S/C15H30N2O/c1-3-4-5-6-7-8-14-18-15-13-17-11-9-16(2)10-12-17/h3H,1,4-15H2,2H3. The summed E-state index contributed by atoms with van der Waals surface area (Å²) >= 11 is 0. The molecule has 0 amide bonds. The van der Waals surface area contributed by atoms with Crippen molar-refractivity contribution in [2.24, 2.45) is 0 Å². The zero-order valence-electron chi connectivity index (χ0n) is 12.1. The molecular formula is C15H30N2O. The normalized spacial score (nSPS) is 18.1. The molecule has 0 aromatic carbocycles. The number of ether oxygens (including phenoxy) is 1. The molecule has 18 heavy (non-hydrogen) atoms. The van der Waals surface area contributed by atoms with Crippen LogP contribution < -0.4 is 0 Å². The van der Waals surface area contributed by atoms with Gasteiger partial charge in [0.05, 0.1) is 6.61 Å². The summed E-state index contributed by atoms with van der Waals surface area (Å²) in [7, 11) is 2.19. The molecule has 1 saturated heterocycles. The van der Waals surface area contributed by atoms with Crippen molar-refractivity contribution in [1.29, 1.82) is 0 Å². The lowest BCUT2D eigenvalue weighted by atomic mass is 10.1. The summed E-state index contributed by atoms with van der Waals surface area (Å²) < 4.78 is 5.69. The molecule has 0 aliphatic carbocycles. The lowest BCUT2D eigenvalue weighted by Crippen LogP contribution is -2.45. The van der Waals surface area contributed by atoms with E-state index in [0.717, 1.165) is 26.2 Å². The van der Waals surface area contributed by atoms with Crippen molar-refractivity contribution in [3.05, 3.63) is 12.7 Å². The maximum Gasteiger partial charge on any atom is 0.0593 e. The van der Waals surface area contributed by atoms with E-state index in [4.69, 9.17) is 4.74 Å². The smallest absolute Gasteiger partial charge is 0.0593 e. The highest BCUT2D eigenvalue weighted by Gasteiger charge is 2.12. The Kier molecular flexibility index (Phi) is 9.17. The van der Waals surface area contributed by atoms with Gasteiger partial charge in [0.2, 0.25) is 0 Å². The summed E-state index contributed by atoms with van der Waals surface area (Å²) in [5.41, 5.74) is 0. The summed E-state index contributed by atoms with van der Waals surface area (Å²) in [5, 5.41) is 0. The second-order valence-electron chi connectivity index (χ2n) is 5.25. The molecule has 3 nitrogen and oxygen atoms in total. The third-order valence-electron chi connectivity index (χ3n) is 3.59. The first-order valence-electron chi connectivity index (χ1n) is 7.42. The van der Waals surface area contributed by atoms with Crippen molar-refractivity contribution >= 4 is 0 Å². The third kappa shape index (κ3) is 7.85. The van der Waals surface area contributed by atoms with E-state index in [9.17, 15) is 0 Å². The van der Waals surface area contributed by atoms with E-state index in [1.54, 1.807) is 0 Å². The van der Waals surface area contributed by atoms with Crippen LogP contribution in [0, 0.1) is 0 Å². The highest BCUT2D eigenvalue weighted by molar-refractivity contribution is 4.68. The Labute approximate surface area is 113 Å². The molecule has 1 aliphatic heterocycles. The quantitative estimate of drug-likeness (QED) is 0.440. The average molecular weight is 254 g/mol. The molecule has 0 aromatic rings. The van der Waals surface area contributed by atoms with Crippen LogP contribution in [0.3, 0.4) is 0 Å². The van der Waals surface area contributed by atoms with Crippen molar-refractivity contribution in [2.75, 3.05) is 53.0 Å². The number of allylic oxidation sites excluding steroid dienone is 1. The maximum atomic E-state index is 5.69. The summed E-state index contributed by atoms with van der Waals surface area (Å²) in [6.45, 7) is 11.5. The van der Waals surface area contributed by atoms with Gasteiger partial charge in [0.25, 0.3) is 0 Å². The third-order valence-corrected chi connectivity index (χ3v) is 3.59.